The molecule has 2 heterocycles. The van der Waals surface area contributed by atoms with Crippen molar-refractivity contribution in [2.24, 2.45) is 0 Å². The number of halogens is 3. The molecule has 3 aromatic rings. The summed E-state index contributed by atoms with van der Waals surface area (Å²) < 4.78 is 38.5. The topological polar surface area (TPSA) is 54.5 Å². The van der Waals surface area contributed by atoms with Gasteiger partial charge in [-0.3, -0.25) is 0 Å². The number of hydrogen-bond donors (Lipinski definition) is 1. The number of aromatic nitrogens is 4. The van der Waals surface area contributed by atoms with Gasteiger partial charge < -0.3 is 0 Å². The molecule has 0 atom stereocenters. The first kappa shape index (κ1) is 12.8. The van der Waals surface area contributed by atoms with Crippen molar-refractivity contribution in [1.29, 1.82) is 0 Å². The highest BCUT2D eigenvalue weighted by atomic mass is 32.1. The molecule has 8 heteroatoms. The molecule has 0 radical (unpaired) electrons. The summed E-state index contributed by atoms with van der Waals surface area (Å²) in [4.78, 5) is 4.16. The maximum absolute atomic E-state index is 12.6. The Hall–Kier alpha value is -2.22. The van der Waals surface area contributed by atoms with Gasteiger partial charge in [0.25, 0.3) is 0 Å². The van der Waals surface area contributed by atoms with E-state index in [9.17, 15) is 13.2 Å². The minimum Gasteiger partial charge on any atom is -0.237 e. The van der Waals surface area contributed by atoms with E-state index in [1.807, 2.05) is 0 Å². The second-order valence-electron chi connectivity index (χ2n) is 3.96. The lowest BCUT2D eigenvalue weighted by Gasteiger charge is -2.04. The van der Waals surface area contributed by atoms with Crippen LogP contribution in [0.5, 0.6) is 0 Å². The van der Waals surface area contributed by atoms with Crippen LogP contribution in [0.3, 0.4) is 0 Å². The van der Waals surface area contributed by atoms with E-state index >= 15 is 0 Å². The van der Waals surface area contributed by atoms with Gasteiger partial charge in [0, 0.05) is 0 Å². The standard InChI is InChI=1S/C12H7F3N4S/c13-12(14,15)7-1-3-10-9(5-7)17-11(20-10)4-2-8-6-16-19-18-8/h1-6H,(H,16,18,19)/b4-2+. The van der Waals surface area contributed by atoms with Gasteiger partial charge in [0.05, 0.1) is 22.0 Å². The smallest absolute Gasteiger partial charge is 0.237 e. The molecule has 4 nitrogen and oxygen atoms in total. The van der Waals surface area contributed by atoms with Gasteiger partial charge in [0.1, 0.15) is 10.7 Å². The van der Waals surface area contributed by atoms with Crippen LogP contribution < -0.4 is 0 Å². The molecule has 0 spiro atoms. The van der Waals surface area contributed by atoms with E-state index in [1.165, 1.54) is 23.6 Å². The van der Waals surface area contributed by atoms with Gasteiger partial charge in [0.15, 0.2) is 0 Å². The molecule has 102 valence electrons. The number of benzene rings is 1. The molecule has 0 amide bonds. The van der Waals surface area contributed by atoms with Crippen LogP contribution in [0, 0.1) is 0 Å². The van der Waals surface area contributed by atoms with Gasteiger partial charge >= 0.3 is 6.18 Å². The fourth-order valence-corrected chi connectivity index (χ4v) is 2.49. The van der Waals surface area contributed by atoms with E-state index in [0.717, 1.165) is 12.1 Å². The summed E-state index contributed by atoms with van der Waals surface area (Å²) in [5.41, 5.74) is 0.271. The number of hydrogen-bond acceptors (Lipinski definition) is 4. The van der Waals surface area contributed by atoms with E-state index in [2.05, 4.69) is 20.4 Å². The van der Waals surface area contributed by atoms with E-state index in [0.29, 0.717) is 20.9 Å². The zero-order valence-corrected chi connectivity index (χ0v) is 10.7. The van der Waals surface area contributed by atoms with Gasteiger partial charge in [-0.05, 0) is 30.4 Å². The molecular formula is C12H7F3N4S. The van der Waals surface area contributed by atoms with Crippen LogP contribution in [0.25, 0.3) is 22.4 Å². The highest BCUT2D eigenvalue weighted by molar-refractivity contribution is 7.19. The Labute approximate surface area is 115 Å². The molecule has 20 heavy (non-hydrogen) atoms. The maximum Gasteiger partial charge on any atom is 0.416 e. The molecule has 1 N–H and O–H groups in total. The van der Waals surface area contributed by atoms with E-state index in [-0.39, 0.29) is 0 Å². The van der Waals surface area contributed by atoms with Crippen LogP contribution in [0.15, 0.2) is 24.4 Å². The minimum absolute atomic E-state index is 0.338. The van der Waals surface area contributed by atoms with Crippen LogP contribution in [-0.4, -0.2) is 20.4 Å². The quantitative estimate of drug-likeness (QED) is 0.786. The summed E-state index contributed by atoms with van der Waals surface area (Å²) in [6.07, 6.45) is 0.557. The Morgan fingerprint density at radius 2 is 2.05 bits per heavy atom. The molecule has 0 aliphatic carbocycles. The zero-order chi connectivity index (χ0) is 14.2. The van der Waals surface area contributed by atoms with Crippen LogP contribution in [0.1, 0.15) is 16.3 Å². The lowest BCUT2D eigenvalue weighted by molar-refractivity contribution is -0.137. The van der Waals surface area contributed by atoms with Gasteiger partial charge in [-0.15, -0.1) is 11.3 Å². The van der Waals surface area contributed by atoms with E-state index in [1.54, 1.807) is 12.2 Å². The summed E-state index contributed by atoms with van der Waals surface area (Å²) in [6, 6.07) is 3.55. The number of fused-ring (bicyclic) bond motifs is 1. The molecule has 0 saturated heterocycles. The predicted octanol–water partition coefficient (Wildman–Crippen LogP) is 3.60. The molecule has 0 fully saturated rings. The number of nitrogens with one attached hydrogen (secondary N) is 1. The third-order valence-electron chi connectivity index (χ3n) is 2.56. The summed E-state index contributed by atoms with van der Waals surface area (Å²) >= 11 is 1.31. The van der Waals surface area contributed by atoms with Crippen molar-refractivity contribution < 1.29 is 13.2 Å². The second kappa shape index (κ2) is 4.71. The Morgan fingerprint density at radius 3 is 2.75 bits per heavy atom. The molecule has 0 saturated carbocycles. The van der Waals surface area contributed by atoms with Crippen LogP contribution in [0.2, 0.25) is 0 Å². The molecular weight excluding hydrogens is 289 g/mol. The Morgan fingerprint density at radius 1 is 1.20 bits per heavy atom. The predicted molar refractivity (Wildman–Crippen MR) is 69.9 cm³/mol. The average Bonchev–Trinajstić information content (AvgIpc) is 3.03. The Bertz CT molecular complexity index is 759. The van der Waals surface area contributed by atoms with Crippen LogP contribution in [-0.2, 0) is 6.18 Å². The van der Waals surface area contributed by atoms with Crippen LogP contribution in [0.4, 0.5) is 13.2 Å². The zero-order valence-electron chi connectivity index (χ0n) is 9.85. The van der Waals surface area contributed by atoms with Crippen molar-refractivity contribution in [2.75, 3.05) is 0 Å². The molecule has 0 aliphatic heterocycles. The largest absolute Gasteiger partial charge is 0.416 e. The molecule has 0 bridgehead atoms. The third kappa shape index (κ3) is 2.55. The maximum atomic E-state index is 12.6. The number of nitrogens with zero attached hydrogens (tertiary/aromatic N) is 3. The molecule has 0 unspecified atom stereocenters. The van der Waals surface area contributed by atoms with E-state index in [4.69, 9.17) is 0 Å². The highest BCUT2D eigenvalue weighted by Crippen LogP contribution is 2.33. The monoisotopic (exact) mass is 296 g/mol. The third-order valence-corrected chi connectivity index (χ3v) is 3.56. The highest BCUT2D eigenvalue weighted by Gasteiger charge is 2.30. The van der Waals surface area contributed by atoms with E-state index < -0.39 is 11.7 Å². The summed E-state index contributed by atoms with van der Waals surface area (Å²) in [5, 5.41) is 10.6. The fraction of sp³-hybridized carbons (Fsp3) is 0.0833. The first-order chi connectivity index (χ1) is 9.52. The first-order valence-corrected chi connectivity index (χ1v) is 6.36. The van der Waals surface area contributed by atoms with Crippen LogP contribution >= 0.6 is 11.3 Å². The molecule has 0 aliphatic rings. The molecule has 1 aromatic carbocycles. The molecule has 3 rings (SSSR count). The van der Waals surface area contributed by atoms with Gasteiger partial charge in [-0.1, -0.05) is 0 Å². The summed E-state index contributed by atoms with van der Waals surface area (Å²) in [7, 11) is 0. The van der Waals surface area contributed by atoms with Crippen molar-refractivity contribution in [1.82, 2.24) is 20.4 Å². The van der Waals surface area contributed by atoms with Crippen molar-refractivity contribution >= 4 is 33.7 Å². The number of aromatic amines is 1. The van der Waals surface area contributed by atoms with Gasteiger partial charge in [-0.2, -0.15) is 28.6 Å². The minimum atomic E-state index is -4.35. The van der Waals surface area contributed by atoms with Crippen molar-refractivity contribution in [2.45, 2.75) is 6.18 Å². The average molecular weight is 296 g/mol. The number of rotatable bonds is 2. The molecule has 2 aromatic heterocycles. The lowest BCUT2D eigenvalue weighted by Crippen LogP contribution is -2.03. The SMILES string of the molecule is FC(F)(F)c1ccc2sc(/C=C/c3cn[nH]n3)nc2c1. The normalized spacial score (nSPS) is 12.6. The summed E-state index contributed by atoms with van der Waals surface area (Å²) in [5.74, 6) is 0. The van der Waals surface area contributed by atoms with Gasteiger partial charge in [0.2, 0.25) is 0 Å². The van der Waals surface area contributed by atoms with Crippen molar-refractivity contribution in [3.05, 3.63) is 40.7 Å². The second-order valence-corrected chi connectivity index (χ2v) is 5.02. The number of alkyl halides is 3. The van der Waals surface area contributed by atoms with Crippen molar-refractivity contribution in [3.63, 3.8) is 0 Å². The van der Waals surface area contributed by atoms with Gasteiger partial charge in [-0.25, -0.2) is 4.98 Å². The van der Waals surface area contributed by atoms with Crippen molar-refractivity contribution in [3.8, 4) is 0 Å². The fourth-order valence-electron chi connectivity index (χ4n) is 1.64. The first-order valence-electron chi connectivity index (χ1n) is 5.54. The Kier molecular flexibility index (Phi) is 3.01. The number of thiazole rings is 1. The Balaban J connectivity index is 1.95. The lowest BCUT2D eigenvalue weighted by atomic mass is 10.2. The summed E-state index contributed by atoms with van der Waals surface area (Å²) in [6.45, 7) is 0. The number of H-pyrrole nitrogens is 1.